The molecule has 1 amide bonds. The van der Waals surface area contributed by atoms with E-state index in [2.05, 4.69) is 6.58 Å². The average Bonchev–Trinajstić information content (AvgIpc) is 3.05. The minimum Gasteiger partial charge on any atom is -0.310 e. The zero-order valence-electron chi connectivity index (χ0n) is 12.7. The number of fused-ring (bicyclic) bond motifs is 1. The average molecular weight is 366 g/mol. The van der Waals surface area contributed by atoms with E-state index < -0.39 is 17.5 Å². The molecule has 0 saturated carbocycles. The van der Waals surface area contributed by atoms with Crippen molar-refractivity contribution in [1.82, 2.24) is 0 Å². The summed E-state index contributed by atoms with van der Waals surface area (Å²) in [5, 5.41) is 0. The number of carbonyl (C=O) groups excluding carboxylic acids is 2. The quantitative estimate of drug-likeness (QED) is 0.630. The summed E-state index contributed by atoms with van der Waals surface area (Å²) < 4.78 is 14.1. The largest absolute Gasteiger partial charge is 0.310 e. The van der Waals surface area contributed by atoms with Crippen molar-refractivity contribution in [2.45, 2.75) is 6.54 Å². The lowest BCUT2D eigenvalue weighted by Crippen LogP contribution is -3.12. The van der Waals surface area contributed by atoms with E-state index in [1.54, 1.807) is 6.08 Å². The maximum atomic E-state index is 13.4. The molecule has 1 aromatic carbocycles. The summed E-state index contributed by atoms with van der Waals surface area (Å²) in [5.41, 5.74) is 0.578. The van der Waals surface area contributed by atoms with Crippen LogP contribution in [0.2, 0.25) is 4.34 Å². The highest BCUT2D eigenvalue weighted by molar-refractivity contribution is 7.16. The van der Waals surface area contributed by atoms with Crippen molar-refractivity contribution in [3.05, 3.63) is 63.6 Å². The molecular formula is C17H15ClFN2O2S+. The van der Waals surface area contributed by atoms with Gasteiger partial charge in [-0.3, -0.25) is 14.5 Å². The summed E-state index contributed by atoms with van der Waals surface area (Å²) in [6.45, 7) is 5.31. The Labute approximate surface area is 147 Å². The molecule has 0 radical (unpaired) electrons. The van der Waals surface area contributed by atoms with E-state index in [1.165, 1.54) is 28.4 Å². The molecule has 0 fully saturated rings. The molecule has 2 heterocycles. The van der Waals surface area contributed by atoms with Gasteiger partial charge >= 0.3 is 5.91 Å². The number of anilines is 1. The van der Waals surface area contributed by atoms with E-state index in [0.29, 0.717) is 29.8 Å². The Morgan fingerprint density at radius 3 is 2.75 bits per heavy atom. The molecule has 4 nitrogen and oxygen atoms in total. The number of quaternary nitrogens is 1. The summed E-state index contributed by atoms with van der Waals surface area (Å²) >= 11 is 7.44. The lowest BCUT2D eigenvalue weighted by molar-refractivity contribution is -0.906. The first-order valence-corrected chi connectivity index (χ1v) is 8.53. The molecule has 3 rings (SSSR count). The van der Waals surface area contributed by atoms with Crippen molar-refractivity contribution in [3.63, 3.8) is 0 Å². The van der Waals surface area contributed by atoms with Gasteiger partial charge in [-0.05, 0) is 36.4 Å². The first-order valence-electron chi connectivity index (χ1n) is 7.34. The van der Waals surface area contributed by atoms with E-state index in [-0.39, 0.29) is 5.56 Å². The van der Waals surface area contributed by atoms with Crippen molar-refractivity contribution < 1.29 is 18.9 Å². The first kappa shape index (κ1) is 16.8. The minimum absolute atomic E-state index is 0.122. The topological polar surface area (TPSA) is 41.8 Å². The van der Waals surface area contributed by atoms with E-state index in [4.69, 9.17) is 11.6 Å². The number of hydrogen-bond donors (Lipinski definition) is 1. The fourth-order valence-corrected chi connectivity index (χ4v) is 3.90. The van der Waals surface area contributed by atoms with Gasteiger partial charge in [-0.2, -0.15) is 0 Å². The van der Waals surface area contributed by atoms with Crippen LogP contribution in [0, 0.1) is 5.82 Å². The Hall–Kier alpha value is -2.02. The maximum Gasteiger partial charge on any atom is 0.303 e. The number of thiophene rings is 1. The lowest BCUT2D eigenvalue weighted by atomic mass is 10.1. The smallest absolute Gasteiger partial charge is 0.303 e. The summed E-state index contributed by atoms with van der Waals surface area (Å²) in [6.07, 6.45) is 1.76. The number of hydrogen-bond acceptors (Lipinski definition) is 3. The number of nitrogens with one attached hydrogen (secondary N) is 1. The van der Waals surface area contributed by atoms with E-state index >= 15 is 0 Å². The number of nitrogens with zero attached hydrogens (tertiary/aromatic N) is 1. The van der Waals surface area contributed by atoms with Crippen molar-refractivity contribution >= 4 is 40.3 Å². The molecule has 24 heavy (non-hydrogen) atoms. The standard InChI is InChI=1S/C17H14ClFN2O2S/c1-2-7-20(9-12-4-6-15(18)24-12)10-21-14-5-3-11(19)8-13(14)16(22)17(21)23/h2-6,8H,1,7,9-10H2/p+1. The number of rotatable bonds is 6. The van der Waals surface area contributed by atoms with Crippen LogP contribution in [0.4, 0.5) is 10.1 Å². The van der Waals surface area contributed by atoms with Crippen LogP contribution in [0.5, 0.6) is 0 Å². The summed E-state index contributed by atoms with van der Waals surface area (Å²) in [6, 6.07) is 7.61. The molecule has 7 heteroatoms. The molecule has 0 aliphatic carbocycles. The monoisotopic (exact) mass is 365 g/mol. The summed E-state index contributed by atoms with van der Waals surface area (Å²) in [5.74, 6) is -1.82. The van der Waals surface area contributed by atoms with Crippen LogP contribution in [-0.2, 0) is 11.3 Å². The third-order valence-electron chi connectivity index (χ3n) is 3.80. The van der Waals surface area contributed by atoms with Gasteiger partial charge in [0, 0.05) is 0 Å². The number of halogens is 2. The van der Waals surface area contributed by atoms with Gasteiger partial charge in [-0.25, -0.2) is 4.39 Å². The molecule has 2 aromatic rings. The van der Waals surface area contributed by atoms with Gasteiger partial charge in [0.15, 0.2) is 6.67 Å². The molecular weight excluding hydrogens is 351 g/mol. The number of benzene rings is 1. The number of amides is 1. The van der Waals surface area contributed by atoms with E-state index in [1.807, 2.05) is 12.1 Å². The highest BCUT2D eigenvalue weighted by Crippen LogP contribution is 2.28. The fourth-order valence-electron chi connectivity index (χ4n) is 2.74. The lowest BCUT2D eigenvalue weighted by Gasteiger charge is -2.23. The summed E-state index contributed by atoms with van der Waals surface area (Å²) in [7, 11) is 0. The molecule has 0 bridgehead atoms. The van der Waals surface area contributed by atoms with Crippen molar-refractivity contribution in [2.24, 2.45) is 0 Å². The highest BCUT2D eigenvalue weighted by atomic mass is 35.5. The van der Waals surface area contributed by atoms with Gasteiger partial charge in [0.1, 0.15) is 12.4 Å². The molecule has 1 unspecified atom stereocenters. The van der Waals surface area contributed by atoms with Crippen LogP contribution in [-0.4, -0.2) is 24.9 Å². The maximum absolute atomic E-state index is 13.4. The molecule has 1 aromatic heterocycles. The van der Waals surface area contributed by atoms with E-state index in [9.17, 15) is 14.0 Å². The molecule has 0 spiro atoms. The second-order valence-electron chi connectivity index (χ2n) is 5.51. The molecule has 124 valence electrons. The van der Waals surface area contributed by atoms with Gasteiger partial charge < -0.3 is 4.90 Å². The minimum atomic E-state index is -0.665. The second-order valence-corrected chi connectivity index (χ2v) is 7.31. The highest BCUT2D eigenvalue weighted by Gasteiger charge is 2.38. The predicted octanol–water partition coefficient (Wildman–Crippen LogP) is 2.30. The fraction of sp³-hybridized carbons (Fsp3) is 0.176. The Bertz CT molecular complexity index is 821. The molecule has 1 atom stereocenters. The van der Waals surface area contributed by atoms with Gasteiger partial charge in [0.05, 0.1) is 27.0 Å². The van der Waals surface area contributed by atoms with Crippen LogP contribution in [0.1, 0.15) is 15.2 Å². The predicted molar refractivity (Wildman–Crippen MR) is 92.1 cm³/mol. The molecule has 1 aliphatic heterocycles. The van der Waals surface area contributed by atoms with Crippen LogP contribution >= 0.6 is 22.9 Å². The second kappa shape index (κ2) is 6.84. The van der Waals surface area contributed by atoms with Gasteiger partial charge in [0.2, 0.25) is 0 Å². The normalized spacial score (nSPS) is 14.8. The molecule has 1 N–H and O–H groups in total. The Balaban J connectivity index is 1.83. The Kier molecular flexibility index (Phi) is 4.80. The van der Waals surface area contributed by atoms with Crippen LogP contribution in [0.15, 0.2) is 43.0 Å². The van der Waals surface area contributed by atoms with Gasteiger partial charge in [-0.1, -0.05) is 18.2 Å². The zero-order chi connectivity index (χ0) is 17.3. The third kappa shape index (κ3) is 3.26. The van der Waals surface area contributed by atoms with Crippen molar-refractivity contribution in [2.75, 3.05) is 18.1 Å². The van der Waals surface area contributed by atoms with E-state index in [0.717, 1.165) is 15.8 Å². The summed E-state index contributed by atoms with van der Waals surface area (Å²) in [4.78, 5) is 27.8. The van der Waals surface area contributed by atoms with Crippen LogP contribution < -0.4 is 9.80 Å². The SMILES string of the molecule is C=CC[NH+](Cc1ccc(Cl)s1)CN1C(=O)C(=O)c2cc(F)ccc21. The zero-order valence-corrected chi connectivity index (χ0v) is 14.3. The molecule has 0 saturated heterocycles. The third-order valence-corrected chi connectivity index (χ3v) is 5.03. The number of ketones is 1. The number of Topliss-reactive ketones (excluding diaryl/α,β-unsaturated/α-hetero) is 1. The Morgan fingerprint density at radius 1 is 1.29 bits per heavy atom. The Morgan fingerprint density at radius 2 is 2.08 bits per heavy atom. The van der Waals surface area contributed by atoms with Crippen molar-refractivity contribution in [1.29, 1.82) is 0 Å². The number of carbonyl (C=O) groups is 2. The van der Waals surface area contributed by atoms with Crippen LogP contribution in [0.25, 0.3) is 0 Å². The van der Waals surface area contributed by atoms with Gasteiger partial charge in [0.25, 0.3) is 5.78 Å². The van der Waals surface area contributed by atoms with Crippen molar-refractivity contribution in [3.8, 4) is 0 Å². The molecule has 1 aliphatic rings. The van der Waals surface area contributed by atoms with Gasteiger partial charge in [-0.15, -0.1) is 11.3 Å². The van der Waals surface area contributed by atoms with Crippen LogP contribution in [0.3, 0.4) is 0 Å². The first-order chi connectivity index (χ1) is 11.5.